The molecule has 3 rings (SSSR count). The van der Waals surface area contributed by atoms with Gasteiger partial charge >= 0.3 is 12.1 Å². The molecule has 29 heavy (non-hydrogen) atoms. The van der Waals surface area contributed by atoms with Crippen molar-refractivity contribution < 1.29 is 23.5 Å². The summed E-state index contributed by atoms with van der Waals surface area (Å²) in [4.78, 5) is 36.0. The van der Waals surface area contributed by atoms with Gasteiger partial charge in [0.05, 0.1) is 12.6 Å². The molecule has 0 unspecified atom stereocenters. The third-order valence-electron chi connectivity index (χ3n) is 4.98. The molecule has 1 saturated carbocycles. The Balaban J connectivity index is 1.35. The highest BCUT2D eigenvalue weighted by molar-refractivity contribution is 6.01. The fraction of sp³-hybridized carbons (Fsp3) is 0.550. The summed E-state index contributed by atoms with van der Waals surface area (Å²) in [5, 5.41) is 7.80. The van der Waals surface area contributed by atoms with E-state index in [1.807, 2.05) is 6.92 Å². The van der Waals surface area contributed by atoms with Gasteiger partial charge < -0.3 is 20.3 Å². The van der Waals surface area contributed by atoms with E-state index >= 15 is 0 Å². The zero-order chi connectivity index (χ0) is 20.8. The summed E-state index contributed by atoms with van der Waals surface area (Å²) >= 11 is 0. The van der Waals surface area contributed by atoms with Crippen molar-refractivity contribution in [2.45, 2.75) is 38.6 Å². The molecule has 0 bridgehead atoms. The molecule has 1 heterocycles. The summed E-state index contributed by atoms with van der Waals surface area (Å²) in [5.41, 5.74) is 0.761. The first-order valence-electron chi connectivity index (χ1n) is 9.97. The maximum absolute atomic E-state index is 13.9. The molecule has 158 valence electrons. The molecular formula is C20H27FN4O4. The zero-order valence-electron chi connectivity index (χ0n) is 16.5. The molecule has 1 atom stereocenters. The molecule has 0 aromatic heterocycles. The Bertz CT molecular complexity index is 769. The molecule has 3 N–H and O–H groups in total. The highest BCUT2D eigenvalue weighted by Crippen LogP contribution is 2.31. The number of hydrogen-bond acceptors (Lipinski definition) is 4. The number of urea groups is 2. The molecule has 1 aliphatic carbocycles. The number of unbranched alkanes of at least 4 members (excludes halogenated alkanes) is 1. The number of nitrogens with one attached hydrogen (secondary N) is 3. The van der Waals surface area contributed by atoms with Crippen molar-refractivity contribution in [3.05, 3.63) is 29.6 Å². The van der Waals surface area contributed by atoms with Crippen LogP contribution in [-0.4, -0.2) is 49.1 Å². The Kier molecular flexibility index (Phi) is 6.90. The van der Waals surface area contributed by atoms with Gasteiger partial charge in [-0.1, -0.05) is 6.07 Å². The van der Waals surface area contributed by atoms with E-state index in [9.17, 15) is 18.8 Å². The molecule has 1 aromatic rings. The van der Waals surface area contributed by atoms with Crippen LogP contribution in [-0.2, 0) is 4.79 Å². The Labute approximate surface area is 169 Å². The lowest BCUT2D eigenvalue weighted by atomic mass is 10.1. The number of amides is 5. The predicted molar refractivity (Wildman–Crippen MR) is 104 cm³/mol. The van der Waals surface area contributed by atoms with E-state index < -0.39 is 5.82 Å². The van der Waals surface area contributed by atoms with Crippen molar-refractivity contribution in [2.75, 3.05) is 26.2 Å². The van der Waals surface area contributed by atoms with Crippen LogP contribution >= 0.6 is 0 Å². The number of rotatable bonds is 10. The third-order valence-corrected chi connectivity index (χ3v) is 4.98. The standard InChI is InChI=1S/C20H27FN4O4/c1-13(15-6-7-16(21)17(10-15)29-12-14-4-5-14)23-19(27)22-8-2-3-9-25-11-18(26)24-20(25)28/h6-7,10,13-14H,2-5,8-9,11-12H2,1H3,(H2,22,23,27)(H,24,26,28)/t13-/m1/s1. The molecule has 1 saturated heterocycles. The molecule has 0 radical (unpaired) electrons. The third kappa shape index (κ3) is 6.33. The van der Waals surface area contributed by atoms with Gasteiger partial charge in [-0.3, -0.25) is 10.1 Å². The van der Waals surface area contributed by atoms with E-state index in [4.69, 9.17) is 4.74 Å². The van der Waals surface area contributed by atoms with Gasteiger partial charge in [0.1, 0.15) is 6.54 Å². The number of carbonyl (C=O) groups excluding carboxylic acids is 3. The minimum absolute atomic E-state index is 0.0916. The number of hydrogen-bond donors (Lipinski definition) is 3. The summed E-state index contributed by atoms with van der Waals surface area (Å²) in [6.45, 7) is 3.35. The van der Waals surface area contributed by atoms with Crippen LogP contribution in [0.25, 0.3) is 0 Å². The summed E-state index contributed by atoms with van der Waals surface area (Å²) in [5.74, 6) is 0.0513. The Morgan fingerprint density at radius 3 is 2.83 bits per heavy atom. The first-order chi connectivity index (χ1) is 13.9. The van der Waals surface area contributed by atoms with Gasteiger partial charge in [-0.2, -0.15) is 0 Å². The van der Waals surface area contributed by atoms with E-state index in [0.29, 0.717) is 38.5 Å². The first-order valence-corrected chi connectivity index (χ1v) is 9.97. The fourth-order valence-electron chi connectivity index (χ4n) is 3.02. The van der Waals surface area contributed by atoms with E-state index in [1.54, 1.807) is 12.1 Å². The number of ether oxygens (including phenoxy) is 1. The number of carbonyl (C=O) groups is 3. The average Bonchev–Trinajstić information content (AvgIpc) is 3.44. The summed E-state index contributed by atoms with van der Waals surface area (Å²) in [6.07, 6.45) is 3.61. The lowest BCUT2D eigenvalue weighted by Crippen LogP contribution is -2.37. The zero-order valence-corrected chi connectivity index (χ0v) is 16.5. The highest BCUT2D eigenvalue weighted by atomic mass is 19.1. The average molecular weight is 406 g/mol. The van der Waals surface area contributed by atoms with Gasteiger partial charge in [0, 0.05) is 13.1 Å². The largest absolute Gasteiger partial charge is 0.490 e. The number of halogens is 1. The molecule has 2 aliphatic rings. The summed E-state index contributed by atoms with van der Waals surface area (Å²) in [7, 11) is 0. The molecule has 2 fully saturated rings. The van der Waals surface area contributed by atoms with Gasteiger partial charge in [-0.15, -0.1) is 0 Å². The quantitative estimate of drug-likeness (QED) is 0.410. The second-order valence-corrected chi connectivity index (χ2v) is 7.55. The van der Waals surface area contributed by atoms with Crippen LogP contribution in [0.4, 0.5) is 14.0 Å². The van der Waals surface area contributed by atoms with Crippen molar-refractivity contribution in [3.8, 4) is 5.75 Å². The Morgan fingerprint density at radius 1 is 1.34 bits per heavy atom. The smallest absolute Gasteiger partial charge is 0.324 e. The maximum Gasteiger partial charge on any atom is 0.324 e. The molecule has 9 heteroatoms. The van der Waals surface area contributed by atoms with Gasteiger partial charge in [-0.05, 0) is 56.2 Å². The van der Waals surface area contributed by atoms with Crippen molar-refractivity contribution in [3.63, 3.8) is 0 Å². The fourth-order valence-corrected chi connectivity index (χ4v) is 3.02. The van der Waals surface area contributed by atoms with Crippen LogP contribution in [0, 0.1) is 11.7 Å². The topological polar surface area (TPSA) is 99.8 Å². The lowest BCUT2D eigenvalue weighted by molar-refractivity contribution is -0.118. The first kappa shape index (κ1) is 20.9. The van der Waals surface area contributed by atoms with Crippen molar-refractivity contribution >= 4 is 18.0 Å². The normalized spacial score (nSPS) is 17.1. The SMILES string of the molecule is C[C@@H](NC(=O)NCCCCN1CC(=O)NC1=O)c1ccc(F)c(OCC2CC2)c1. The van der Waals surface area contributed by atoms with Crippen LogP contribution in [0.1, 0.15) is 44.2 Å². The van der Waals surface area contributed by atoms with Gasteiger partial charge in [0.25, 0.3) is 0 Å². The van der Waals surface area contributed by atoms with E-state index in [2.05, 4.69) is 16.0 Å². The van der Waals surface area contributed by atoms with Crippen LogP contribution in [0.3, 0.4) is 0 Å². The molecule has 1 aromatic carbocycles. The second kappa shape index (κ2) is 9.58. The van der Waals surface area contributed by atoms with Crippen LogP contribution in [0.5, 0.6) is 5.75 Å². The van der Waals surface area contributed by atoms with Crippen LogP contribution in [0.2, 0.25) is 0 Å². The summed E-state index contributed by atoms with van der Waals surface area (Å²) in [6, 6.07) is 3.62. The minimum atomic E-state index is -0.403. The van der Waals surface area contributed by atoms with Gasteiger partial charge in [0.15, 0.2) is 11.6 Å². The second-order valence-electron chi connectivity index (χ2n) is 7.55. The molecular weight excluding hydrogens is 379 g/mol. The molecule has 0 spiro atoms. The minimum Gasteiger partial charge on any atom is -0.490 e. The van der Waals surface area contributed by atoms with Crippen molar-refractivity contribution in [1.82, 2.24) is 20.9 Å². The number of nitrogens with zero attached hydrogens (tertiary/aromatic N) is 1. The van der Waals surface area contributed by atoms with Crippen LogP contribution < -0.4 is 20.7 Å². The van der Waals surface area contributed by atoms with Gasteiger partial charge in [-0.25, -0.2) is 14.0 Å². The number of benzene rings is 1. The van der Waals surface area contributed by atoms with Crippen LogP contribution in [0.15, 0.2) is 18.2 Å². The van der Waals surface area contributed by atoms with Crippen molar-refractivity contribution in [2.24, 2.45) is 5.92 Å². The Morgan fingerprint density at radius 2 is 2.14 bits per heavy atom. The predicted octanol–water partition coefficient (Wildman–Crippen LogP) is 2.31. The van der Waals surface area contributed by atoms with Gasteiger partial charge in [0.2, 0.25) is 5.91 Å². The lowest BCUT2D eigenvalue weighted by Gasteiger charge is -2.17. The Hall–Kier alpha value is -2.84. The molecule has 1 aliphatic heterocycles. The van der Waals surface area contributed by atoms with E-state index in [0.717, 1.165) is 18.4 Å². The number of imide groups is 1. The highest BCUT2D eigenvalue weighted by Gasteiger charge is 2.25. The molecule has 5 amide bonds. The maximum atomic E-state index is 13.9. The van der Waals surface area contributed by atoms with Crippen molar-refractivity contribution in [1.29, 1.82) is 0 Å². The monoisotopic (exact) mass is 406 g/mol. The van der Waals surface area contributed by atoms with E-state index in [1.165, 1.54) is 11.0 Å². The summed E-state index contributed by atoms with van der Waals surface area (Å²) < 4.78 is 19.4. The van der Waals surface area contributed by atoms with E-state index in [-0.39, 0.29) is 36.3 Å². The molecule has 8 nitrogen and oxygen atoms in total.